The van der Waals surface area contributed by atoms with Gasteiger partial charge in [-0.25, -0.2) is 0 Å². The van der Waals surface area contributed by atoms with Gasteiger partial charge in [-0.15, -0.1) is 0 Å². The van der Waals surface area contributed by atoms with Crippen LogP contribution in [-0.4, -0.2) is 25.1 Å². The van der Waals surface area contributed by atoms with Gasteiger partial charge in [0, 0.05) is 12.1 Å². The topological polar surface area (TPSA) is 61.6 Å². The molecule has 1 fully saturated rings. The van der Waals surface area contributed by atoms with Crippen molar-refractivity contribution < 1.29 is 14.3 Å². The molecule has 0 bridgehead atoms. The molecule has 0 aromatic heterocycles. The quantitative estimate of drug-likeness (QED) is 0.622. The maximum atomic E-state index is 11.4. The monoisotopic (exact) mass is 221 g/mol. The van der Waals surface area contributed by atoms with Crippen molar-refractivity contribution in [2.24, 2.45) is 0 Å². The third-order valence-corrected chi connectivity index (χ3v) is 2.56. The van der Waals surface area contributed by atoms with Crippen LogP contribution in [0.2, 0.25) is 0 Å². The summed E-state index contributed by atoms with van der Waals surface area (Å²) in [7, 11) is 0. The smallest absolute Gasteiger partial charge is 0.163 e. The number of nitrogens with two attached hydrogens (primary N) is 1. The number of rotatable bonds is 3. The van der Waals surface area contributed by atoms with Gasteiger partial charge in [0.2, 0.25) is 0 Å². The van der Waals surface area contributed by atoms with Crippen LogP contribution >= 0.6 is 0 Å². The lowest BCUT2D eigenvalue weighted by Crippen LogP contribution is -2.17. The zero-order valence-electron chi connectivity index (χ0n) is 9.23. The molecule has 16 heavy (non-hydrogen) atoms. The van der Waals surface area contributed by atoms with Gasteiger partial charge in [0.15, 0.2) is 5.78 Å². The number of hydrogen-bond donors (Lipinski definition) is 1. The van der Waals surface area contributed by atoms with Crippen LogP contribution in [0.5, 0.6) is 5.75 Å². The fourth-order valence-corrected chi connectivity index (χ4v) is 1.71. The maximum Gasteiger partial charge on any atom is 0.163 e. The summed E-state index contributed by atoms with van der Waals surface area (Å²) in [5.74, 6) is 0.554. The Morgan fingerprint density at radius 3 is 3.00 bits per heavy atom. The van der Waals surface area contributed by atoms with E-state index in [0.717, 1.165) is 13.0 Å². The van der Waals surface area contributed by atoms with Gasteiger partial charge in [-0.05, 0) is 25.1 Å². The van der Waals surface area contributed by atoms with E-state index in [-0.39, 0.29) is 11.9 Å². The Morgan fingerprint density at radius 2 is 2.38 bits per heavy atom. The van der Waals surface area contributed by atoms with E-state index in [1.54, 1.807) is 18.2 Å². The molecule has 0 aliphatic carbocycles. The molecule has 0 spiro atoms. The van der Waals surface area contributed by atoms with E-state index in [1.165, 1.54) is 6.92 Å². The molecule has 1 aliphatic rings. The van der Waals surface area contributed by atoms with Gasteiger partial charge in [-0.1, -0.05) is 0 Å². The van der Waals surface area contributed by atoms with Crippen LogP contribution in [0.15, 0.2) is 18.2 Å². The van der Waals surface area contributed by atoms with Crippen LogP contribution in [0.25, 0.3) is 0 Å². The normalized spacial score (nSPS) is 19.7. The average molecular weight is 221 g/mol. The fourth-order valence-electron chi connectivity index (χ4n) is 1.71. The summed E-state index contributed by atoms with van der Waals surface area (Å²) in [6, 6.07) is 5.12. The predicted octanol–water partition coefficient (Wildman–Crippen LogP) is 1.64. The van der Waals surface area contributed by atoms with Crippen molar-refractivity contribution in [1.29, 1.82) is 0 Å². The maximum absolute atomic E-state index is 11.4. The summed E-state index contributed by atoms with van der Waals surface area (Å²) in [6.07, 6.45) is 0.906. The summed E-state index contributed by atoms with van der Waals surface area (Å²) in [4.78, 5) is 11.4. The predicted molar refractivity (Wildman–Crippen MR) is 60.7 cm³/mol. The van der Waals surface area contributed by atoms with E-state index in [0.29, 0.717) is 23.6 Å². The average Bonchev–Trinajstić information content (AvgIpc) is 2.73. The molecule has 0 saturated carbocycles. The van der Waals surface area contributed by atoms with Gasteiger partial charge in [0.25, 0.3) is 0 Å². The number of anilines is 1. The molecular weight excluding hydrogens is 206 g/mol. The molecule has 4 nitrogen and oxygen atoms in total. The first-order valence-electron chi connectivity index (χ1n) is 5.31. The second kappa shape index (κ2) is 4.53. The number of nitrogen functional groups attached to an aromatic ring is 1. The molecule has 1 aromatic carbocycles. The molecule has 1 aliphatic heterocycles. The SMILES string of the molecule is CC(=O)c1cc(N)ccc1OC1CCOC1. The molecule has 4 heteroatoms. The number of ketones is 1. The lowest BCUT2D eigenvalue weighted by atomic mass is 10.1. The Morgan fingerprint density at radius 1 is 1.56 bits per heavy atom. The van der Waals surface area contributed by atoms with E-state index in [9.17, 15) is 4.79 Å². The van der Waals surface area contributed by atoms with Crippen molar-refractivity contribution in [3.05, 3.63) is 23.8 Å². The van der Waals surface area contributed by atoms with Crippen LogP contribution in [0.4, 0.5) is 5.69 Å². The number of hydrogen-bond acceptors (Lipinski definition) is 4. The van der Waals surface area contributed by atoms with Crippen LogP contribution < -0.4 is 10.5 Å². The Bertz CT molecular complexity index is 397. The van der Waals surface area contributed by atoms with Crippen LogP contribution in [-0.2, 0) is 4.74 Å². The van der Waals surface area contributed by atoms with Gasteiger partial charge in [-0.2, -0.15) is 0 Å². The molecule has 0 amide bonds. The summed E-state index contributed by atoms with van der Waals surface area (Å²) in [5.41, 5.74) is 6.74. The lowest BCUT2D eigenvalue weighted by molar-refractivity contribution is 0.100. The highest BCUT2D eigenvalue weighted by molar-refractivity contribution is 5.97. The fraction of sp³-hybridized carbons (Fsp3) is 0.417. The zero-order chi connectivity index (χ0) is 11.5. The van der Waals surface area contributed by atoms with Crippen molar-refractivity contribution >= 4 is 11.5 Å². The molecule has 1 atom stereocenters. The van der Waals surface area contributed by atoms with Crippen molar-refractivity contribution in [2.45, 2.75) is 19.4 Å². The van der Waals surface area contributed by atoms with Gasteiger partial charge >= 0.3 is 0 Å². The number of carbonyl (C=O) groups is 1. The molecular formula is C12H15NO3. The largest absolute Gasteiger partial charge is 0.487 e. The van der Waals surface area contributed by atoms with E-state index >= 15 is 0 Å². The number of Topliss-reactive ketones (excluding diaryl/α,β-unsaturated/α-hetero) is 1. The van der Waals surface area contributed by atoms with Gasteiger partial charge in [0.05, 0.1) is 18.8 Å². The minimum atomic E-state index is -0.0405. The minimum Gasteiger partial charge on any atom is -0.487 e. The zero-order valence-corrected chi connectivity index (χ0v) is 9.23. The first-order chi connectivity index (χ1) is 7.66. The molecule has 1 heterocycles. The van der Waals surface area contributed by atoms with Crippen LogP contribution in [0, 0.1) is 0 Å². The van der Waals surface area contributed by atoms with Crippen molar-refractivity contribution in [3.63, 3.8) is 0 Å². The van der Waals surface area contributed by atoms with Crippen molar-refractivity contribution in [1.82, 2.24) is 0 Å². The molecule has 0 radical (unpaired) electrons. The molecule has 2 rings (SSSR count). The molecule has 1 aromatic rings. The standard InChI is InChI=1S/C12H15NO3/c1-8(14)11-6-9(13)2-3-12(11)16-10-4-5-15-7-10/h2-3,6,10H,4-5,7,13H2,1H3. The summed E-state index contributed by atoms with van der Waals surface area (Å²) < 4.78 is 10.9. The third-order valence-electron chi connectivity index (χ3n) is 2.56. The highest BCUT2D eigenvalue weighted by Gasteiger charge is 2.19. The highest BCUT2D eigenvalue weighted by atomic mass is 16.5. The van der Waals surface area contributed by atoms with Crippen molar-refractivity contribution in [2.75, 3.05) is 18.9 Å². The van der Waals surface area contributed by atoms with Crippen LogP contribution in [0.1, 0.15) is 23.7 Å². The van der Waals surface area contributed by atoms with E-state index < -0.39 is 0 Å². The lowest BCUT2D eigenvalue weighted by Gasteiger charge is -2.14. The Kier molecular flexibility index (Phi) is 3.10. The van der Waals surface area contributed by atoms with E-state index in [2.05, 4.69) is 0 Å². The van der Waals surface area contributed by atoms with Crippen molar-refractivity contribution in [3.8, 4) is 5.75 Å². The highest BCUT2D eigenvalue weighted by Crippen LogP contribution is 2.24. The first kappa shape index (κ1) is 11.0. The first-order valence-corrected chi connectivity index (χ1v) is 5.31. The number of benzene rings is 1. The summed E-state index contributed by atoms with van der Waals surface area (Å²) in [6.45, 7) is 2.81. The Balaban J connectivity index is 2.21. The molecule has 2 N–H and O–H groups in total. The van der Waals surface area contributed by atoms with Gasteiger partial charge in [0.1, 0.15) is 11.9 Å². The van der Waals surface area contributed by atoms with E-state index in [1.807, 2.05) is 0 Å². The third kappa shape index (κ3) is 2.33. The molecule has 1 unspecified atom stereocenters. The van der Waals surface area contributed by atoms with E-state index in [4.69, 9.17) is 15.2 Å². The molecule has 86 valence electrons. The van der Waals surface area contributed by atoms with Gasteiger partial charge < -0.3 is 15.2 Å². The Hall–Kier alpha value is -1.55. The van der Waals surface area contributed by atoms with Gasteiger partial charge in [-0.3, -0.25) is 4.79 Å². The minimum absolute atomic E-state index is 0.0405. The number of carbonyl (C=O) groups excluding carboxylic acids is 1. The summed E-state index contributed by atoms with van der Waals surface area (Å²) in [5, 5.41) is 0. The second-order valence-electron chi connectivity index (χ2n) is 3.92. The number of ether oxygens (including phenoxy) is 2. The molecule has 1 saturated heterocycles. The Labute approximate surface area is 94.3 Å². The van der Waals surface area contributed by atoms with Crippen LogP contribution in [0.3, 0.4) is 0 Å². The second-order valence-corrected chi connectivity index (χ2v) is 3.92. The summed E-state index contributed by atoms with van der Waals surface area (Å²) >= 11 is 0.